The highest BCUT2D eigenvalue weighted by Gasteiger charge is 2.32. The van der Waals surface area contributed by atoms with Crippen LogP contribution >= 0.6 is 0 Å². The van der Waals surface area contributed by atoms with E-state index < -0.39 is 0 Å². The molecule has 1 aromatic carbocycles. The van der Waals surface area contributed by atoms with E-state index >= 15 is 0 Å². The fraction of sp³-hybridized carbons (Fsp3) is 0.632. The number of imidazole rings is 1. The van der Waals surface area contributed by atoms with Crippen molar-refractivity contribution in [2.45, 2.75) is 50.8 Å². The number of hydrogen-bond donors (Lipinski definition) is 2. The summed E-state index contributed by atoms with van der Waals surface area (Å²) in [6.45, 7) is 4.89. The van der Waals surface area contributed by atoms with E-state index in [0.29, 0.717) is 6.04 Å². The average molecular weight is 328 g/mol. The Labute approximate surface area is 143 Å². The molecular formula is C19H28N4O. The summed E-state index contributed by atoms with van der Waals surface area (Å²) in [7, 11) is 0. The van der Waals surface area contributed by atoms with Crippen molar-refractivity contribution in [2.24, 2.45) is 0 Å². The van der Waals surface area contributed by atoms with Crippen LogP contribution in [-0.2, 0) is 6.54 Å². The summed E-state index contributed by atoms with van der Waals surface area (Å²) in [6.07, 6.45) is 6.06. The highest BCUT2D eigenvalue weighted by molar-refractivity contribution is 5.74. The van der Waals surface area contributed by atoms with Crippen molar-refractivity contribution in [3.05, 3.63) is 30.1 Å². The van der Waals surface area contributed by atoms with Gasteiger partial charge in [0.05, 0.1) is 23.7 Å². The number of likely N-dealkylation sites (tertiary alicyclic amines) is 2. The number of nitrogens with zero attached hydrogens (tertiary/aromatic N) is 3. The second-order valence-corrected chi connectivity index (χ2v) is 7.31. The van der Waals surface area contributed by atoms with Gasteiger partial charge in [-0.25, -0.2) is 4.98 Å². The number of fused-ring (bicyclic) bond motifs is 1. The molecule has 0 unspecified atom stereocenters. The van der Waals surface area contributed by atoms with Crippen molar-refractivity contribution in [3.8, 4) is 0 Å². The molecule has 0 amide bonds. The van der Waals surface area contributed by atoms with Gasteiger partial charge in [-0.15, -0.1) is 0 Å². The Morgan fingerprint density at radius 3 is 2.62 bits per heavy atom. The molecular weight excluding hydrogens is 300 g/mol. The van der Waals surface area contributed by atoms with Crippen molar-refractivity contribution in [1.29, 1.82) is 0 Å². The molecule has 2 fully saturated rings. The molecule has 0 aliphatic carbocycles. The molecule has 2 saturated heterocycles. The molecule has 0 spiro atoms. The zero-order chi connectivity index (χ0) is 16.4. The number of aliphatic hydroxyl groups excluding tert-OH is 1. The molecule has 130 valence electrons. The SMILES string of the molecule is O[C@@H]1CN(Cc2nc3ccccc3[nH]2)CC[C@H]1N1CCCCCC1. The quantitative estimate of drug-likeness (QED) is 0.908. The minimum atomic E-state index is -0.249. The highest BCUT2D eigenvalue weighted by atomic mass is 16.3. The Bertz CT molecular complexity index is 629. The number of aliphatic hydroxyl groups is 1. The number of piperidine rings is 1. The van der Waals surface area contributed by atoms with Crippen LogP contribution in [0.4, 0.5) is 0 Å². The molecule has 2 N–H and O–H groups in total. The van der Waals surface area contributed by atoms with Crippen LogP contribution in [-0.4, -0.2) is 63.2 Å². The van der Waals surface area contributed by atoms with Gasteiger partial charge in [-0.05, 0) is 44.5 Å². The third-order valence-electron chi connectivity index (χ3n) is 5.55. The second-order valence-electron chi connectivity index (χ2n) is 7.31. The van der Waals surface area contributed by atoms with Gasteiger partial charge in [0.2, 0.25) is 0 Å². The molecule has 3 heterocycles. The fourth-order valence-corrected chi connectivity index (χ4v) is 4.27. The lowest BCUT2D eigenvalue weighted by Gasteiger charge is -2.41. The van der Waals surface area contributed by atoms with E-state index in [1.54, 1.807) is 0 Å². The summed E-state index contributed by atoms with van der Waals surface area (Å²) < 4.78 is 0. The number of benzene rings is 1. The first kappa shape index (κ1) is 16.1. The lowest BCUT2D eigenvalue weighted by atomic mass is 9.99. The van der Waals surface area contributed by atoms with Crippen LogP contribution in [0.3, 0.4) is 0 Å². The van der Waals surface area contributed by atoms with Crippen LogP contribution in [0.25, 0.3) is 11.0 Å². The van der Waals surface area contributed by atoms with Crippen molar-refractivity contribution < 1.29 is 5.11 Å². The maximum absolute atomic E-state index is 10.7. The number of rotatable bonds is 3. The topological polar surface area (TPSA) is 55.4 Å². The lowest BCUT2D eigenvalue weighted by Crippen LogP contribution is -2.54. The van der Waals surface area contributed by atoms with Crippen LogP contribution in [0.1, 0.15) is 37.9 Å². The number of hydrogen-bond acceptors (Lipinski definition) is 4. The zero-order valence-corrected chi connectivity index (χ0v) is 14.3. The molecule has 1 aromatic heterocycles. The number of para-hydroxylation sites is 2. The number of H-pyrrole nitrogens is 1. The lowest BCUT2D eigenvalue weighted by molar-refractivity contribution is -0.0149. The molecule has 2 aliphatic rings. The third-order valence-corrected chi connectivity index (χ3v) is 5.55. The molecule has 0 saturated carbocycles. The molecule has 24 heavy (non-hydrogen) atoms. The molecule has 5 heteroatoms. The average Bonchev–Trinajstić information content (AvgIpc) is 2.79. The minimum Gasteiger partial charge on any atom is -0.390 e. The maximum Gasteiger partial charge on any atom is 0.121 e. The van der Waals surface area contributed by atoms with E-state index in [1.807, 2.05) is 18.2 Å². The van der Waals surface area contributed by atoms with Crippen molar-refractivity contribution >= 4 is 11.0 Å². The first-order valence-corrected chi connectivity index (χ1v) is 9.38. The van der Waals surface area contributed by atoms with Crippen molar-refractivity contribution in [1.82, 2.24) is 19.8 Å². The van der Waals surface area contributed by atoms with Gasteiger partial charge in [0, 0.05) is 19.1 Å². The van der Waals surface area contributed by atoms with Gasteiger partial charge in [-0.3, -0.25) is 9.80 Å². The van der Waals surface area contributed by atoms with E-state index in [1.165, 1.54) is 25.7 Å². The monoisotopic (exact) mass is 328 g/mol. The van der Waals surface area contributed by atoms with Crippen molar-refractivity contribution in [3.63, 3.8) is 0 Å². The molecule has 4 rings (SSSR count). The van der Waals surface area contributed by atoms with E-state index in [9.17, 15) is 5.11 Å². The number of aromatic nitrogens is 2. The summed E-state index contributed by atoms with van der Waals surface area (Å²) in [5.74, 6) is 0.997. The first-order chi connectivity index (χ1) is 11.8. The fourth-order valence-electron chi connectivity index (χ4n) is 4.27. The Morgan fingerprint density at radius 2 is 1.88 bits per heavy atom. The predicted octanol–water partition coefficient (Wildman–Crippen LogP) is 2.37. The highest BCUT2D eigenvalue weighted by Crippen LogP contribution is 2.22. The zero-order valence-electron chi connectivity index (χ0n) is 14.3. The number of β-amino-alcohol motifs (C(OH)–C–C–N with tert-alkyl or cyclic N) is 1. The van der Waals surface area contributed by atoms with Crippen LogP contribution in [0.5, 0.6) is 0 Å². The Balaban J connectivity index is 1.37. The van der Waals surface area contributed by atoms with Gasteiger partial charge in [-0.1, -0.05) is 25.0 Å². The minimum absolute atomic E-state index is 0.249. The van der Waals surface area contributed by atoms with Gasteiger partial charge in [-0.2, -0.15) is 0 Å². The standard InChI is InChI=1S/C19H28N4O/c24-18-13-22(12-9-17(18)23-10-5-1-2-6-11-23)14-19-20-15-7-3-4-8-16(15)21-19/h3-4,7-8,17-18,24H,1-2,5-6,9-14H2,(H,20,21)/t17-,18-/m1/s1. The summed E-state index contributed by atoms with van der Waals surface area (Å²) in [5.41, 5.74) is 2.11. The predicted molar refractivity (Wildman–Crippen MR) is 95.8 cm³/mol. The Kier molecular flexibility index (Phi) is 4.83. The number of nitrogens with one attached hydrogen (secondary N) is 1. The largest absolute Gasteiger partial charge is 0.390 e. The smallest absolute Gasteiger partial charge is 0.121 e. The van der Waals surface area contributed by atoms with E-state index in [4.69, 9.17) is 0 Å². The van der Waals surface area contributed by atoms with Gasteiger partial charge in [0.1, 0.15) is 5.82 Å². The Morgan fingerprint density at radius 1 is 1.08 bits per heavy atom. The molecule has 2 aliphatic heterocycles. The molecule has 5 nitrogen and oxygen atoms in total. The van der Waals surface area contributed by atoms with Crippen LogP contribution < -0.4 is 0 Å². The van der Waals surface area contributed by atoms with Gasteiger partial charge in [0.25, 0.3) is 0 Å². The van der Waals surface area contributed by atoms with Crippen LogP contribution in [0.2, 0.25) is 0 Å². The van der Waals surface area contributed by atoms with Crippen molar-refractivity contribution in [2.75, 3.05) is 26.2 Å². The van der Waals surface area contributed by atoms with E-state index in [0.717, 1.165) is 56.0 Å². The summed E-state index contributed by atoms with van der Waals surface area (Å²) in [6, 6.07) is 8.49. The molecule has 0 bridgehead atoms. The van der Waals surface area contributed by atoms with Gasteiger partial charge < -0.3 is 10.1 Å². The third kappa shape index (κ3) is 3.48. The van der Waals surface area contributed by atoms with E-state index in [-0.39, 0.29) is 6.10 Å². The summed E-state index contributed by atoms with van der Waals surface area (Å²) >= 11 is 0. The molecule has 0 radical (unpaired) electrons. The second kappa shape index (κ2) is 7.21. The Hall–Kier alpha value is -1.43. The van der Waals surface area contributed by atoms with Gasteiger partial charge in [0.15, 0.2) is 0 Å². The maximum atomic E-state index is 10.7. The summed E-state index contributed by atoms with van der Waals surface area (Å²) in [4.78, 5) is 12.9. The van der Waals surface area contributed by atoms with Crippen LogP contribution in [0.15, 0.2) is 24.3 Å². The first-order valence-electron chi connectivity index (χ1n) is 9.38. The van der Waals surface area contributed by atoms with Crippen LogP contribution in [0, 0.1) is 0 Å². The summed E-state index contributed by atoms with van der Waals surface area (Å²) in [5, 5.41) is 10.7. The molecule has 2 atom stereocenters. The molecule has 2 aromatic rings. The van der Waals surface area contributed by atoms with Gasteiger partial charge >= 0.3 is 0 Å². The normalized spacial score (nSPS) is 27.4. The van der Waals surface area contributed by atoms with E-state index in [2.05, 4.69) is 25.8 Å². The number of aromatic amines is 1.